The van der Waals surface area contributed by atoms with Crippen LogP contribution in [0.4, 0.5) is 5.69 Å². The van der Waals surface area contributed by atoms with Crippen molar-refractivity contribution in [1.29, 1.82) is 0 Å². The van der Waals surface area contributed by atoms with Gasteiger partial charge in [0.15, 0.2) is 5.79 Å². The Labute approximate surface area is 122 Å². The number of hydrogen-bond acceptors (Lipinski definition) is 4. The highest BCUT2D eigenvalue weighted by Gasteiger charge is 2.40. The first-order chi connectivity index (χ1) is 9.24. The summed E-state index contributed by atoms with van der Waals surface area (Å²) in [5, 5.41) is 0. The van der Waals surface area contributed by atoms with Gasteiger partial charge in [-0.1, -0.05) is 22.0 Å². The summed E-state index contributed by atoms with van der Waals surface area (Å²) in [7, 11) is 0. The molecule has 2 fully saturated rings. The Balaban J connectivity index is 1.76. The van der Waals surface area contributed by atoms with Crippen LogP contribution in [0.5, 0.6) is 0 Å². The Hall–Kier alpha value is -0.620. The molecular formula is C14H19BrN2O2. The predicted octanol–water partition coefficient (Wildman–Crippen LogP) is 2.25. The summed E-state index contributed by atoms with van der Waals surface area (Å²) in [6.45, 7) is 3.90. The fourth-order valence-electron chi connectivity index (χ4n) is 2.92. The van der Waals surface area contributed by atoms with Crippen LogP contribution in [0.1, 0.15) is 18.4 Å². The molecule has 2 heterocycles. The number of rotatable bonds is 2. The van der Waals surface area contributed by atoms with Crippen LogP contribution in [0.25, 0.3) is 0 Å². The highest BCUT2D eigenvalue weighted by atomic mass is 79.9. The molecule has 2 N–H and O–H groups in total. The third kappa shape index (κ3) is 2.52. The molecule has 2 aliphatic heterocycles. The minimum absolute atomic E-state index is 0.314. The molecule has 2 aliphatic rings. The fraction of sp³-hybridized carbons (Fsp3) is 0.571. The number of piperidine rings is 1. The molecule has 104 valence electrons. The van der Waals surface area contributed by atoms with Crippen LogP contribution in [0.2, 0.25) is 0 Å². The van der Waals surface area contributed by atoms with Gasteiger partial charge in [-0.05, 0) is 12.1 Å². The van der Waals surface area contributed by atoms with Gasteiger partial charge in [-0.2, -0.15) is 0 Å². The molecule has 4 nitrogen and oxygen atoms in total. The first kappa shape index (κ1) is 13.4. The molecule has 3 rings (SSSR count). The highest BCUT2D eigenvalue weighted by molar-refractivity contribution is 9.10. The standard InChI is InChI=1S/C14H19BrN2O2/c15-12-2-1-3-13(11(12)10-16)17-6-4-14(5-7-17)18-8-9-19-14/h1-3H,4-10,16H2. The molecule has 0 atom stereocenters. The van der Waals surface area contributed by atoms with Crippen molar-refractivity contribution in [3.05, 3.63) is 28.2 Å². The summed E-state index contributed by atoms with van der Waals surface area (Å²) in [6, 6.07) is 6.24. The smallest absolute Gasteiger partial charge is 0.171 e. The first-order valence-corrected chi connectivity index (χ1v) is 7.54. The minimum atomic E-state index is -0.314. The quantitative estimate of drug-likeness (QED) is 0.905. The van der Waals surface area contributed by atoms with E-state index in [1.54, 1.807) is 0 Å². The van der Waals surface area contributed by atoms with Crippen molar-refractivity contribution in [2.45, 2.75) is 25.2 Å². The molecule has 5 heteroatoms. The van der Waals surface area contributed by atoms with Gasteiger partial charge in [0.05, 0.1) is 13.2 Å². The third-order valence-corrected chi connectivity index (χ3v) is 4.72. The topological polar surface area (TPSA) is 47.7 Å². The second-order valence-electron chi connectivity index (χ2n) is 5.04. The average Bonchev–Trinajstić information content (AvgIpc) is 2.88. The summed E-state index contributed by atoms with van der Waals surface area (Å²) in [6.07, 6.45) is 1.84. The Kier molecular flexibility index (Phi) is 3.80. The lowest BCUT2D eigenvalue weighted by atomic mass is 10.0. The van der Waals surface area contributed by atoms with Crippen LogP contribution in [0.3, 0.4) is 0 Å². The molecule has 0 aromatic heterocycles. The van der Waals surface area contributed by atoms with Gasteiger partial charge in [0, 0.05) is 48.2 Å². The van der Waals surface area contributed by atoms with E-state index < -0.39 is 0 Å². The Bertz CT molecular complexity index is 451. The lowest BCUT2D eigenvalue weighted by molar-refractivity contribution is -0.169. The van der Waals surface area contributed by atoms with Gasteiger partial charge in [0.25, 0.3) is 0 Å². The van der Waals surface area contributed by atoms with Gasteiger partial charge in [0.2, 0.25) is 0 Å². The number of nitrogens with two attached hydrogens (primary N) is 1. The lowest BCUT2D eigenvalue weighted by Crippen LogP contribution is -2.45. The van der Waals surface area contributed by atoms with Crippen LogP contribution in [0.15, 0.2) is 22.7 Å². The number of nitrogens with zero attached hydrogens (tertiary/aromatic N) is 1. The molecule has 19 heavy (non-hydrogen) atoms. The van der Waals surface area contributed by atoms with E-state index >= 15 is 0 Å². The molecule has 1 aromatic carbocycles. The Morgan fingerprint density at radius 1 is 1.21 bits per heavy atom. The zero-order valence-corrected chi connectivity index (χ0v) is 12.5. The maximum atomic E-state index is 5.87. The van der Waals surface area contributed by atoms with Crippen LogP contribution in [-0.2, 0) is 16.0 Å². The molecule has 0 saturated carbocycles. The van der Waals surface area contributed by atoms with E-state index in [-0.39, 0.29) is 5.79 Å². The Morgan fingerprint density at radius 2 is 1.89 bits per heavy atom. The fourth-order valence-corrected chi connectivity index (χ4v) is 3.44. The molecule has 0 unspecified atom stereocenters. The SMILES string of the molecule is NCc1c(Br)cccc1N1CCC2(CC1)OCCO2. The van der Waals surface area contributed by atoms with Crippen LogP contribution >= 0.6 is 15.9 Å². The van der Waals surface area contributed by atoms with Crippen molar-refractivity contribution in [3.63, 3.8) is 0 Å². The number of benzene rings is 1. The van der Waals surface area contributed by atoms with E-state index in [1.165, 1.54) is 11.3 Å². The first-order valence-electron chi connectivity index (χ1n) is 6.74. The zero-order valence-electron chi connectivity index (χ0n) is 10.9. The number of halogens is 1. The molecule has 1 aromatic rings. The van der Waals surface area contributed by atoms with Gasteiger partial charge < -0.3 is 20.1 Å². The lowest BCUT2D eigenvalue weighted by Gasteiger charge is -2.39. The largest absolute Gasteiger partial charge is 0.371 e. The van der Waals surface area contributed by atoms with E-state index in [4.69, 9.17) is 15.2 Å². The van der Waals surface area contributed by atoms with Crippen molar-refractivity contribution >= 4 is 21.6 Å². The molecule has 0 radical (unpaired) electrons. The molecular weight excluding hydrogens is 308 g/mol. The van der Waals surface area contributed by atoms with Gasteiger partial charge in [-0.3, -0.25) is 0 Å². The second-order valence-corrected chi connectivity index (χ2v) is 5.89. The molecule has 0 aliphatic carbocycles. The maximum absolute atomic E-state index is 5.87. The summed E-state index contributed by atoms with van der Waals surface area (Å²) in [4.78, 5) is 2.38. The average molecular weight is 327 g/mol. The zero-order chi connectivity index (χ0) is 13.3. The van der Waals surface area contributed by atoms with E-state index in [9.17, 15) is 0 Å². The predicted molar refractivity (Wildman–Crippen MR) is 78.1 cm³/mol. The highest BCUT2D eigenvalue weighted by Crippen LogP contribution is 2.35. The van der Waals surface area contributed by atoms with Crippen molar-refractivity contribution in [3.8, 4) is 0 Å². The summed E-state index contributed by atoms with van der Waals surface area (Å²) in [5.41, 5.74) is 8.27. The van der Waals surface area contributed by atoms with Crippen LogP contribution in [-0.4, -0.2) is 32.1 Å². The number of hydrogen-bond donors (Lipinski definition) is 1. The normalized spacial score (nSPS) is 22.1. The van der Waals surface area contributed by atoms with Crippen LogP contribution < -0.4 is 10.6 Å². The van der Waals surface area contributed by atoms with Gasteiger partial charge in [-0.25, -0.2) is 0 Å². The van der Waals surface area contributed by atoms with E-state index in [0.29, 0.717) is 6.54 Å². The molecule has 2 saturated heterocycles. The molecule has 0 bridgehead atoms. The molecule has 1 spiro atoms. The molecule has 0 amide bonds. The maximum Gasteiger partial charge on any atom is 0.171 e. The van der Waals surface area contributed by atoms with Crippen molar-refractivity contribution in [1.82, 2.24) is 0 Å². The van der Waals surface area contributed by atoms with E-state index in [2.05, 4.69) is 33.0 Å². The monoisotopic (exact) mass is 326 g/mol. The van der Waals surface area contributed by atoms with Gasteiger partial charge in [-0.15, -0.1) is 0 Å². The van der Waals surface area contributed by atoms with E-state index in [0.717, 1.165) is 43.6 Å². The Morgan fingerprint density at radius 3 is 2.53 bits per heavy atom. The van der Waals surface area contributed by atoms with Crippen molar-refractivity contribution < 1.29 is 9.47 Å². The van der Waals surface area contributed by atoms with Crippen LogP contribution in [0, 0.1) is 0 Å². The van der Waals surface area contributed by atoms with E-state index in [1.807, 2.05) is 6.07 Å². The third-order valence-electron chi connectivity index (χ3n) is 3.98. The summed E-state index contributed by atoms with van der Waals surface area (Å²) < 4.78 is 12.6. The number of ether oxygens (including phenoxy) is 2. The number of anilines is 1. The van der Waals surface area contributed by atoms with Crippen molar-refractivity contribution in [2.75, 3.05) is 31.2 Å². The van der Waals surface area contributed by atoms with Crippen molar-refractivity contribution in [2.24, 2.45) is 5.73 Å². The van der Waals surface area contributed by atoms with Gasteiger partial charge >= 0.3 is 0 Å². The summed E-state index contributed by atoms with van der Waals surface area (Å²) in [5.74, 6) is -0.314. The summed E-state index contributed by atoms with van der Waals surface area (Å²) >= 11 is 3.58. The minimum Gasteiger partial charge on any atom is -0.371 e. The second kappa shape index (κ2) is 5.40. The van der Waals surface area contributed by atoms with Gasteiger partial charge in [0.1, 0.15) is 0 Å².